The molecule has 1 saturated carbocycles. The topological polar surface area (TPSA) is 46.3 Å². The van der Waals surface area contributed by atoms with E-state index in [1.807, 2.05) is 25.1 Å². The van der Waals surface area contributed by atoms with Crippen molar-refractivity contribution in [3.05, 3.63) is 64.7 Å². The van der Waals surface area contributed by atoms with Gasteiger partial charge >= 0.3 is 0 Å². The number of carbonyl (C=O) groups is 1. The molecule has 3 heteroatoms. The summed E-state index contributed by atoms with van der Waals surface area (Å²) in [7, 11) is 0. The van der Waals surface area contributed by atoms with Crippen LogP contribution in [0.4, 0.5) is 5.69 Å². The largest absolute Gasteiger partial charge is 0.399 e. The van der Waals surface area contributed by atoms with Gasteiger partial charge in [0, 0.05) is 17.3 Å². The van der Waals surface area contributed by atoms with Crippen molar-refractivity contribution in [2.24, 2.45) is 0 Å². The van der Waals surface area contributed by atoms with E-state index < -0.39 is 0 Å². The molecule has 0 saturated heterocycles. The predicted molar refractivity (Wildman–Crippen MR) is 92.3 cm³/mol. The van der Waals surface area contributed by atoms with E-state index in [1.165, 1.54) is 11.1 Å². The highest BCUT2D eigenvalue weighted by Crippen LogP contribution is 2.42. The van der Waals surface area contributed by atoms with Crippen LogP contribution in [0.3, 0.4) is 0 Å². The van der Waals surface area contributed by atoms with Gasteiger partial charge in [-0.15, -0.1) is 0 Å². The number of nitrogens with two attached hydrogens (primary N) is 1. The Kier molecular flexibility index (Phi) is 3.37. The predicted octanol–water partition coefficient (Wildman–Crippen LogP) is 3.87. The number of fused-ring (bicyclic) bond motifs is 1. The van der Waals surface area contributed by atoms with Gasteiger partial charge in [-0.3, -0.25) is 4.79 Å². The summed E-state index contributed by atoms with van der Waals surface area (Å²) in [5.41, 5.74) is 11.0. The van der Waals surface area contributed by atoms with E-state index in [9.17, 15) is 4.79 Å². The Bertz CT molecular complexity index is 764. The summed E-state index contributed by atoms with van der Waals surface area (Å²) >= 11 is 0. The van der Waals surface area contributed by atoms with Crippen molar-refractivity contribution in [1.29, 1.82) is 0 Å². The average Bonchev–Trinajstić information content (AvgIpc) is 3.30. The third kappa shape index (κ3) is 2.50. The van der Waals surface area contributed by atoms with Gasteiger partial charge in [0.2, 0.25) is 0 Å². The smallest absolute Gasteiger partial charge is 0.254 e. The van der Waals surface area contributed by atoms with Crippen LogP contribution in [0.5, 0.6) is 0 Å². The first kappa shape index (κ1) is 14.3. The van der Waals surface area contributed by atoms with Crippen LogP contribution in [0.25, 0.3) is 0 Å². The van der Waals surface area contributed by atoms with Gasteiger partial charge in [0.1, 0.15) is 0 Å². The van der Waals surface area contributed by atoms with Crippen LogP contribution in [0.15, 0.2) is 42.5 Å². The van der Waals surface area contributed by atoms with Crippen LogP contribution in [0, 0.1) is 6.92 Å². The number of benzene rings is 2. The second-order valence-electron chi connectivity index (χ2n) is 6.77. The second-order valence-corrected chi connectivity index (χ2v) is 6.77. The molecule has 2 N–H and O–H groups in total. The van der Waals surface area contributed by atoms with Crippen molar-refractivity contribution in [2.75, 3.05) is 5.73 Å². The number of anilines is 1. The molecule has 2 aromatic rings. The first-order valence-electron chi connectivity index (χ1n) is 8.42. The lowest BCUT2D eigenvalue weighted by atomic mass is 10.0. The Balaban J connectivity index is 1.72. The molecule has 23 heavy (non-hydrogen) atoms. The molecule has 0 aliphatic heterocycles. The first-order chi connectivity index (χ1) is 11.1. The van der Waals surface area contributed by atoms with Gasteiger partial charge in [-0.05, 0) is 61.4 Å². The Morgan fingerprint density at radius 3 is 2.70 bits per heavy atom. The molecular weight excluding hydrogens is 284 g/mol. The van der Waals surface area contributed by atoms with Gasteiger partial charge in [-0.2, -0.15) is 0 Å². The molecule has 1 unspecified atom stereocenters. The van der Waals surface area contributed by atoms with Crippen molar-refractivity contribution in [3.8, 4) is 0 Å². The van der Waals surface area contributed by atoms with E-state index in [-0.39, 0.29) is 11.9 Å². The molecule has 118 valence electrons. The lowest BCUT2D eigenvalue weighted by Gasteiger charge is -2.30. The Hall–Kier alpha value is -2.29. The fraction of sp³-hybridized carbons (Fsp3) is 0.350. The quantitative estimate of drug-likeness (QED) is 0.875. The van der Waals surface area contributed by atoms with Gasteiger partial charge in [0.25, 0.3) is 5.91 Å². The van der Waals surface area contributed by atoms with Crippen molar-refractivity contribution >= 4 is 11.6 Å². The monoisotopic (exact) mass is 306 g/mol. The maximum absolute atomic E-state index is 13.3. The van der Waals surface area contributed by atoms with Crippen LogP contribution < -0.4 is 5.73 Å². The van der Waals surface area contributed by atoms with Crippen molar-refractivity contribution in [1.82, 2.24) is 4.90 Å². The number of hydrogen-bond donors (Lipinski definition) is 1. The summed E-state index contributed by atoms with van der Waals surface area (Å²) < 4.78 is 0. The van der Waals surface area contributed by atoms with E-state index in [0.717, 1.165) is 36.8 Å². The third-order valence-electron chi connectivity index (χ3n) is 5.10. The number of aryl methyl sites for hydroxylation is 2. The molecule has 0 aromatic heterocycles. The molecule has 1 atom stereocenters. The Labute approximate surface area is 137 Å². The molecule has 2 aliphatic rings. The second kappa shape index (κ2) is 5.41. The molecule has 0 heterocycles. The maximum atomic E-state index is 13.3. The number of hydrogen-bond acceptors (Lipinski definition) is 2. The number of amides is 1. The SMILES string of the molecule is Cc1ccc(N)cc1C(=O)N(C1CC1)C1CCc2ccccc21. The highest BCUT2D eigenvalue weighted by molar-refractivity contribution is 5.97. The summed E-state index contributed by atoms with van der Waals surface area (Å²) in [4.78, 5) is 15.4. The molecular formula is C20H22N2O. The zero-order valence-electron chi connectivity index (χ0n) is 13.5. The average molecular weight is 306 g/mol. The normalized spacial score (nSPS) is 19.4. The summed E-state index contributed by atoms with van der Waals surface area (Å²) in [6, 6.07) is 14.8. The maximum Gasteiger partial charge on any atom is 0.254 e. The zero-order valence-corrected chi connectivity index (χ0v) is 13.5. The van der Waals surface area contributed by atoms with Crippen LogP contribution >= 0.6 is 0 Å². The molecule has 0 bridgehead atoms. The first-order valence-corrected chi connectivity index (χ1v) is 8.42. The molecule has 1 fully saturated rings. The van der Waals surface area contributed by atoms with Gasteiger partial charge in [-0.25, -0.2) is 0 Å². The van der Waals surface area contributed by atoms with Crippen LogP contribution in [0.2, 0.25) is 0 Å². The lowest BCUT2D eigenvalue weighted by molar-refractivity contribution is 0.0657. The van der Waals surface area contributed by atoms with Crippen LogP contribution in [0.1, 0.15) is 52.4 Å². The Morgan fingerprint density at radius 1 is 1.13 bits per heavy atom. The van der Waals surface area contributed by atoms with E-state index in [1.54, 1.807) is 0 Å². The molecule has 0 spiro atoms. The minimum Gasteiger partial charge on any atom is -0.399 e. The Morgan fingerprint density at radius 2 is 1.91 bits per heavy atom. The zero-order chi connectivity index (χ0) is 16.0. The van der Waals surface area contributed by atoms with Gasteiger partial charge < -0.3 is 10.6 Å². The van der Waals surface area contributed by atoms with E-state index in [0.29, 0.717) is 11.7 Å². The molecule has 1 amide bonds. The molecule has 2 aliphatic carbocycles. The van der Waals surface area contributed by atoms with Gasteiger partial charge in [0.15, 0.2) is 0 Å². The van der Waals surface area contributed by atoms with Crippen molar-refractivity contribution in [3.63, 3.8) is 0 Å². The minimum atomic E-state index is 0.138. The number of rotatable bonds is 3. The van der Waals surface area contributed by atoms with Crippen LogP contribution in [-0.2, 0) is 6.42 Å². The molecule has 0 radical (unpaired) electrons. The fourth-order valence-electron chi connectivity index (χ4n) is 3.75. The van der Waals surface area contributed by atoms with E-state index >= 15 is 0 Å². The summed E-state index contributed by atoms with van der Waals surface area (Å²) in [6.45, 7) is 1.99. The number of carbonyl (C=O) groups excluding carboxylic acids is 1. The standard InChI is InChI=1S/C20H22N2O/c1-13-6-8-15(21)12-18(13)20(23)22(16-9-10-16)19-11-7-14-4-2-3-5-17(14)19/h2-6,8,12,16,19H,7,9-11,21H2,1H3. The van der Waals surface area contributed by atoms with Crippen molar-refractivity contribution < 1.29 is 4.79 Å². The summed E-state index contributed by atoms with van der Waals surface area (Å²) in [5.74, 6) is 0.138. The third-order valence-corrected chi connectivity index (χ3v) is 5.10. The highest BCUT2D eigenvalue weighted by atomic mass is 16.2. The summed E-state index contributed by atoms with van der Waals surface area (Å²) in [6.07, 6.45) is 4.33. The molecule has 3 nitrogen and oxygen atoms in total. The van der Waals surface area contributed by atoms with Gasteiger partial charge in [0.05, 0.1) is 6.04 Å². The van der Waals surface area contributed by atoms with E-state index in [2.05, 4.69) is 29.2 Å². The number of nitrogen functional groups attached to an aromatic ring is 1. The van der Waals surface area contributed by atoms with Crippen LogP contribution in [-0.4, -0.2) is 16.8 Å². The number of nitrogens with zero attached hydrogens (tertiary/aromatic N) is 1. The lowest BCUT2D eigenvalue weighted by Crippen LogP contribution is -2.36. The van der Waals surface area contributed by atoms with Crippen molar-refractivity contribution in [2.45, 2.75) is 44.7 Å². The van der Waals surface area contributed by atoms with Gasteiger partial charge in [-0.1, -0.05) is 30.3 Å². The minimum absolute atomic E-state index is 0.138. The molecule has 4 rings (SSSR count). The van der Waals surface area contributed by atoms with E-state index in [4.69, 9.17) is 5.73 Å². The summed E-state index contributed by atoms with van der Waals surface area (Å²) in [5, 5.41) is 0. The fourth-order valence-corrected chi connectivity index (χ4v) is 3.75. The molecule has 2 aromatic carbocycles. The highest BCUT2D eigenvalue weighted by Gasteiger charge is 2.40.